The molecule has 0 aliphatic rings. The van der Waals surface area contributed by atoms with Crippen LogP contribution >= 0.6 is 0 Å². The molecule has 0 radical (unpaired) electrons. The van der Waals surface area contributed by atoms with Gasteiger partial charge in [-0.05, 0) is 24.3 Å². The van der Waals surface area contributed by atoms with Gasteiger partial charge in [0.15, 0.2) is 0 Å². The van der Waals surface area contributed by atoms with E-state index in [1.165, 1.54) is 52.7 Å². The lowest BCUT2D eigenvalue weighted by Gasteiger charge is -2.19. The molecule has 0 saturated heterocycles. The minimum Gasteiger partial charge on any atom is -0.283 e. The first kappa shape index (κ1) is 18.0. The second kappa shape index (κ2) is 9.04. The maximum absolute atomic E-state index is 12.0. The molecular weight excluding hydrogens is 296 g/mol. The fourth-order valence-corrected chi connectivity index (χ4v) is 1.48. The minimum absolute atomic E-state index is 0.284. The number of hydroxylamine groups is 2. The number of benzene rings is 1. The second-order valence-corrected chi connectivity index (χ2v) is 3.73. The summed E-state index contributed by atoms with van der Waals surface area (Å²) in [4.78, 5) is 42.9. The fourth-order valence-electron chi connectivity index (χ4n) is 1.48. The lowest BCUT2D eigenvalue weighted by atomic mass is 10.1. The zero-order valence-electron chi connectivity index (χ0n) is 12.7. The van der Waals surface area contributed by atoms with Crippen LogP contribution in [0.3, 0.4) is 0 Å². The second-order valence-electron chi connectivity index (χ2n) is 3.73. The van der Waals surface area contributed by atoms with Crippen LogP contribution in [0, 0.1) is 0 Å². The smallest absolute Gasteiger partial charge is 0.283 e. The normalized spacial score (nSPS) is 10.4. The highest BCUT2D eigenvalue weighted by molar-refractivity contribution is 5.96. The average Bonchev–Trinajstić information content (AvgIpc) is 2.56. The number of nitrogens with zero attached hydrogens (tertiary/aromatic N) is 2. The van der Waals surface area contributed by atoms with Crippen LogP contribution in [0.1, 0.15) is 20.7 Å². The van der Waals surface area contributed by atoms with E-state index >= 15 is 0 Å². The number of carbonyl (C=O) groups excluding carboxylic acids is 2. The van der Waals surface area contributed by atoms with Gasteiger partial charge >= 0.3 is 0 Å². The van der Waals surface area contributed by atoms with E-state index in [0.29, 0.717) is 0 Å². The minimum atomic E-state index is -0.498. The summed E-state index contributed by atoms with van der Waals surface area (Å²) >= 11 is 0. The third-order valence-electron chi connectivity index (χ3n) is 2.46. The Balaban J connectivity index is 2.85. The molecule has 10 nitrogen and oxygen atoms in total. The molecule has 0 aliphatic heterocycles. The van der Waals surface area contributed by atoms with Gasteiger partial charge in [-0.2, -0.15) is 0 Å². The first-order valence-electron chi connectivity index (χ1n) is 6.03. The highest BCUT2D eigenvalue weighted by Gasteiger charge is 2.19. The Morgan fingerprint density at radius 3 is 1.32 bits per heavy atom. The van der Waals surface area contributed by atoms with Gasteiger partial charge in [0.1, 0.15) is 0 Å². The topological polar surface area (TPSA) is 102 Å². The third kappa shape index (κ3) is 4.46. The summed E-state index contributed by atoms with van der Waals surface area (Å²) in [6, 6.07) is 5.83. The van der Waals surface area contributed by atoms with Crippen molar-refractivity contribution < 1.29 is 28.9 Å². The van der Waals surface area contributed by atoms with Gasteiger partial charge < -0.3 is 0 Å². The van der Waals surface area contributed by atoms with E-state index in [-0.39, 0.29) is 11.1 Å². The van der Waals surface area contributed by atoms with E-state index in [0.717, 1.165) is 10.3 Å². The number of carbonyl (C=O) groups is 2. The van der Waals surface area contributed by atoms with Crippen molar-refractivity contribution in [2.24, 2.45) is 0 Å². The van der Waals surface area contributed by atoms with Crippen molar-refractivity contribution in [2.75, 3.05) is 28.4 Å². The van der Waals surface area contributed by atoms with Gasteiger partial charge in [-0.15, -0.1) is 10.3 Å². The lowest BCUT2D eigenvalue weighted by molar-refractivity contribution is -0.212. The molecule has 22 heavy (non-hydrogen) atoms. The average molecular weight is 314 g/mol. The Morgan fingerprint density at radius 1 is 0.773 bits per heavy atom. The van der Waals surface area contributed by atoms with E-state index in [1.807, 2.05) is 0 Å². The molecule has 0 unspecified atom stereocenters. The molecule has 0 bridgehead atoms. The van der Waals surface area contributed by atoms with Gasteiger partial charge in [0, 0.05) is 11.1 Å². The predicted molar refractivity (Wildman–Crippen MR) is 73.1 cm³/mol. The van der Waals surface area contributed by atoms with E-state index < -0.39 is 11.8 Å². The van der Waals surface area contributed by atoms with E-state index in [2.05, 4.69) is 20.9 Å². The summed E-state index contributed by atoms with van der Waals surface area (Å²) < 4.78 is 0. The molecule has 0 saturated carbocycles. The number of nitrogens with one attached hydrogen (secondary N) is 2. The predicted octanol–water partition coefficient (Wildman–Crippen LogP) is -0.174. The van der Waals surface area contributed by atoms with Crippen molar-refractivity contribution in [3.63, 3.8) is 0 Å². The largest absolute Gasteiger partial charge is 0.294 e. The summed E-state index contributed by atoms with van der Waals surface area (Å²) in [5.41, 5.74) is 5.07. The molecule has 1 aromatic rings. The highest BCUT2D eigenvalue weighted by atomic mass is 16.8. The van der Waals surface area contributed by atoms with Gasteiger partial charge in [-0.25, -0.2) is 0 Å². The molecule has 0 atom stereocenters. The van der Waals surface area contributed by atoms with Crippen LogP contribution in [-0.2, 0) is 19.4 Å². The van der Waals surface area contributed by atoms with Crippen LogP contribution in [0.5, 0.6) is 0 Å². The third-order valence-corrected chi connectivity index (χ3v) is 2.46. The Kier molecular flexibility index (Phi) is 7.39. The summed E-state index contributed by atoms with van der Waals surface area (Å²) in [5, 5.41) is 1.59. The van der Waals surface area contributed by atoms with Crippen molar-refractivity contribution in [2.45, 2.75) is 0 Å². The SMILES string of the molecule is CONN(OC)C(=O)c1ccc(C(=O)N(NOC)OC)cc1. The Hall–Kier alpha value is -2.08. The molecule has 0 aliphatic carbocycles. The molecule has 0 heterocycles. The van der Waals surface area contributed by atoms with Gasteiger partial charge in [-0.3, -0.25) is 28.9 Å². The van der Waals surface area contributed by atoms with Crippen LogP contribution in [0.4, 0.5) is 0 Å². The summed E-state index contributed by atoms with van der Waals surface area (Å²) in [6.07, 6.45) is 0. The van der Waals surface area contributed by atoms with Crippen LogP contribution in [0.15, 0.2) is 24.3 Å². The van der Waals surface area contributed by atoms with Crippen molar-refractivity contribution in [3.8, 4) is 0 Å². The highest BCUT2D eigenvalue weighted by Crippen LogP contribution is 2.09. The van der Waals surface area contributed by atoms with Crippen molar-refractivity contribution >= 4 is 11.8 Å². The number of hydrogen-bond acceptors (Lipinski definition) is 8. The quantitative estimate of drug-likeness (QED) is 0.638. The Bertz CT molecular complexity index is 450. The zero-order chi connectivity index (χ0) is 16.5. The lowest BCUT2D eigenvalue weighted by Crippen LogP contribution is -2.42. The fraction of sp³-hybridized carbons (Fsp3) is 0.333. The molecule has 2 amide bonds. The Morgan fingerprint density at radius 2 is 1.09 bits per heavy atom. The number of rotatable bonds is 8. The molecule has 0 aromatic heterocycles. The van der Waals surface area contributed by atoms with Crippen molar-refractivity contribution in [3.05, 3.63) is 35.4 Å². The van der Waals surface area contributed by atoms with Gasteiger partial charge in [0.05, 0.1) is 28.4 Å². The molecule has 0 spiro atoms. The maximum Gasteiger partial charge on any atom is 0.294 e. The van der Waals surface area contributed by atoms with E-state index in [1.54, 1.807) is 0 Å². The summed E-state index contributed by atoms with van der Waals surface area (Å²) in [6.45, 7) is 0. The number of hydrazine groups is 2. The molecular formula is C12H18N4O6. The Labute approximate surface area is 127 Å². The van der Waals surface area contributed by atoms with Crippen LogP contribution in [0.2, 0.25) is 0 Å². The first-order valence-corrected chi connectivity index (χ1v) is 6.03. The first-order chi connectivity index (χ1) is 10.6. The van der Waals surface area contributed by atoms with Crippen molar-refractivity contribution in [1.82, 2.24) is 21.5 Å². The van der Waals surface area contributed by atoms with Crippen LogP contribution in [0.25, 0.3) is 0 Å². The van der Waals surface area contributed by atoms with Gasteiger partial charge in [0.2, 0.25) is 0 Å². The molecule has 122 valence electrons. The van der Waals surface area contributed by atoms with Crippen LogP contribution < -0.4 is 11.2 Å². The maximum atomic E-state index is 12.0. The zero-order valence-corrected chi connectivity index (χ0v) is 12.7. The van der Waals surface area contributed by atoms with E-state index in [4.69, 9.17) is 9.68 Å². The molecule has 10 heteroatoms. The molecule has 1 aromatic carbocycles. The standard InChI is InChI=1S/C12H18N4O6/c1-19-13-15(21-3)11(17)9-5-7-10(8-6-9)12(18)16(22-4)14-20-2/h5-8,13-14H,1-4H3. The number of hydrogen-bond donors (Lipinski definition) is 2. The molecule has 2 N–H and O–H groups in total. The summed E-state index contributed by atoms with van der Waals surface area (Å²) in [5.74, 6) is -0.996. The van der Waals surface area contributed by atoms with Crippen molar-refractivity contribution in [1.29, 1.82) is 0 Å². The van der Waals surface area contributed by atoms with Gasteiger partial charge in [0.25, 0.3) is 11.8 Å². The molecule has 1 rings (SSSR count). The number of amides is 2. The summed E-state index contributed by atoms with van der Waals surface area (Å²) in [7, 11) is 5.27. The van der Waals surface area contributed by atoms with E-state index in [9.17, 15) is 9.59 Å². The van der Waals surface area contributed by atoms with Gasteiger partial charge in [-0.1, -0.05) is 11.2 Å². The van der Waals surface area contributed by atoms with Crippen LogP contribution in [-0.4, -0.2) is 50.6 Å². The molecule has 0 fully saturated rings. The monoisotopic (exact) mass is 314 g/mol.